The highest BCUT2D eigenvalue weighted by Crippen LogP contribution is 2.17. The van der Waals surface area contributed by atoms with Gasteiger partial charge >= 0.3 is 0 Å². The fourth-order valence-corrected chi connectivity index (χ4v) is 2.51. The van der Waals surface area contributed by atoms with E-state index in [1.807, 2.05) is 24.3 Å². The molecule has 2 amide bonds. The quantitative estimate of drug-likeness (QED) is 0.647. The number of aromatic amines is 1. The second-order valence-corrected chi connectivity index (χ2v) is 5.49. The standard InChI is InChI=1S/C17H14ClN3O2/c18-13-5-3-4-11(8-13)17(23)21-20-16(22)9-12-10-19-15-7-2-1-6-14(12)15/h1-8,10,19H,9H2,(H,20,22)(H,21,23). The van der Waals surface area contributed by atoms with E-state index in [-0.39, 0.29) is 12.3 Å². The molecule has 5 nitrogen and oxygen atoms in total. The van der Waals surface area contributed by atoms with Crippen LogP contribution in [0.3, 0.4) is 0 Å². The minimum absolute atomic E-state index is 0.167. The highest BCUT2D eigenvalue weighted by Gasteiger charge is 2.10. The van der Waals surface area contributed by atoms with Gasteiger partial charge in [0.2, 0.25) is 5.91 Å². The van der Waals surface area contributed by atoms with Crippen molar-refractivity contribution in [3.05, 3.63) is 70.9 Å². The van der Waals surface area contributed by atoms with Crippen LogP contribution in [0.2, 0.25) is 5.02 Å². The summed E-state index contributed by atoms with van der Waals surface area (Å²) in [6.07, 6.45) is 1.96. The van der Waals surface area contributed by atoms with Gasteiger partial charge in [0, 0.05) is 27.7 Å². The van der Waals surface area contributed by atoms with E-state index in [1.54, 1.807) is 24.4 Å². The molecule has 0 saturated heterocycles. The number of benzene rings is 2. The average Bonchev–Trinajstić information content (AvgIpc) is 2.96. The molecule has 0 fully saturated rings. The first kappa shape index (κ1) is 15.1. The second-order valence-electron chi connectivity index (χ2n) is 5.05. The average molecular weight is 328 g/mol. The Morgan fingerprint density at radius 1 is 1.04 bits per heavy atom. The summed E-state index contributed by atoms with van der Waals surface area (Å²) < 4.78 is 0. The van der Waals surface area contributed by atoms with E-state index < -0.39 is 5.91 Å². The first-order valence-corrected chi connectivity index (χ1v) is 7.41. The summed E-state index contributed by atoms with van der Waals surface area (Å²) in [7, 11) is 0. The second kappa shape index (κ2) is 6.54. The number of nitrogens with one attached hydrogen (secondary N) is 3. The number of fused-ring (bicyclic) bond motifs is 1. The number of carbonyl (C=O) groups excluding carboxylic acids is 2. The van der Waals surface area contributed by atoms with Gasteiger partial charge in [-0.2, -0.15) is 0 Å². The van der Waals surface area contributed by atoms with Crippen LogP contribution in [0.5, 0.6) is 0 Å². The van der Waals surface area contributed by atoms with Crippen molar-refractivity contribution in [2.45, 2.75) is 6.42 Å². The van der Waals surface area contributed by atoms with Crippen molar-refractivity contribution >= 4 is 34.3 Å². The first-order valence-electron chi connectivity index (χ1n) is 7.03. The van der Waals surface area contributed by atoms with Crippen molar-refractivity contribution in [3.63, 3.8) is 0 Å². The summed E-state index contributed by atoms with van der Waals surface area (Å²) >= 11 is 5.83. The Hall–Kier alpha value is -2.79. The fraction of sp³-hybridized carbons (Fsp3) is 0.0588. The number of amides is 2. The van der Waals surface area contributed by atoms with Gasteiger partial charge in [0.1, 0.15) is 0 Å². The molecule has 3 aromatic rings. The Bertz CT molecular complexity index is 873. The van der Waals surface area contributed by atoms with E-state index in [2.05, 4.69) is 15.8 Å². The molecular formula is C17H14ClN3O2. The Labute approximate surface area is 137 Å². The van der Waals surface area contributed by atoms with E-state index in [0.29, 0.717) is 10.6 Å². The van der Waals surface area contributed by atoms with Crippen molar-refractivity contribution in [1.29, 1.82) is 0 Å². The maximum absolute atomic E-state index is 12.0. The predicted molar refractivity (Wildman–Crippen MR) is 89.1 cm³/mol. The molecule has 1 aromatic heterocycles. The minimum Gasteiger partial charge on any atom is -0.361 e. The molecule has 116 valence electrons. The van der Waals surface area contributed by atoms with E-state index in [0.717, 1.165) is 16.5 Å². The van der Waals surface area contributed by atoms with Gasteiger partial charge in [0.25, 0.3) is 5.91 Å². The number of carbonyl (C=O) groups is 2. The zero-order chi connectivity index (χ0) is 16.2. The van der Waals surface area contributed by atoms with Crippen LogP contribution in [0.1, 0.15) is 15.9 Å². The number of H-pyrrole nitrogens is 1. The van der Waals surface area contributed by atoms with Crippen molar-refractivity contribution in [2.24, 2.45) is 0 Å². The van der Waals surface area contributed by atoms with Gasteiger partial charge in [-0.25, -0.2) is 0 Å². The van der Waals surface area contributed by atoms with Crippen LogP contribution in [0.25, 0.3) is 10.9 Å². The van der Waals surface area contributed by atoms with Crippen molar-refractivity contribution in [3.8, 4) is 0 Å². The third-order valence-corrected chi connectivity index (χ3v) is 3.66. The molecule has 1 heterocycles. The van der Waals surface area contributed by atoms with E-state index in [9.17, 15) is 9.59 Å². The largest absolute Gasteiger partial charge is 0.361 e. The Morgan fingerprint density at radius 2 is 1.87 bits per heavy atom. The van der Waals surface area contributed by atoms with Gasteiger partial charge in [-0.05, 0) is 29.8 Å². The molecule has 0 bridgehead atoms. The zero-order valence-electron chi connectivity index (χ0n) is 12.1. The Kier molecular flexibility index (Phi) is 4.30. The summed E-state index contributed by atoms with van der Waals surface area (Å²) in [5, 5.41) is 1.45. The molecule has 6 heteroatoms. The molecule has 23 heavy (non-hydrogen) atoms. The fourth-order valence-electron chi connectivity index (χ4n) is 2.32. The number of aromatic nitrogens is 1. The number of hydrogen-bond donors (Lipinski definition) is 3. The van der Waals surface area contributed by atoms with Gasteiger partial charge in [-0.15, -0.1) is 0 Å². The summed E-state index contributed by atoms with van der Waals surface area (Å²) in [5.41, 5.74) is 7.01. The molecule has 0 aliphatic heterocycles. The van der Waals surface area contributed by atoms with Gasteiger partial charge in [0.15, 0.2) is 0 Å². The van der Waals surface area contributed by atoms with Crippen LogP contribution in [-0.2, 0) is 11.2 Å². The van der Waals surface area contributed by atoms with E-state index >= 15 is 0 Å². The number of para-hydroxylation sites is 1. The number of rotatable bonds is 3. The molecule has 0 atom stereocenters. The van der Waals surface area contributed by atoms with Crippen LogP contribution in [-0.4, -0.2) is 16.8 Å². The molecule has 3 N–H and O–H groups in total. The van der Waals surface area contributed by atoms with Crippen molar-refractivity contribution < 1.29 is 9.59 Å². The molecule has 0 unspecified atom stereocenters. The first-order chi connectivity index (χ1) is 11.1. The maximum Gasteiger partial charge on any atom is 0.269 e. The lowest BCUT2D eigenvalue weighted by Gasteiger charge is -2.07. The number of halogens is 1. The molecule has 2 aromatic carbocycles. The summed E-state index contributed by atoms with van der Waals surface area (Å²) in [6, 6.07) is 14.2. The van der Waals surface area contributed by atoms with Crippen LogP contribution < -0.4 is 10.9 Å². The highest BCUT2D eigenvalue weighted by molar-refractivity contribution is 6.30. The Morgan fingerprint density at radius 3 is 2.70 bits per heavy atom. The van der Waals surface area contributed by atoms with E-state index in [1.165, 1.54) is 6.07 Å². The topological polar surface area (TPSA) is 74.0 Å². The molecule has 0 saturated carbocycles. The Balaban J connectivity index is 1.60. The predicted octanol–water partition coefficient (Wildman–Crippen LogP) is 2.83. The molecule has 3 rings (SSSR count). The minimum atomic E-state index is -0.417. The molecule has 0 aliphatic rings. The van der Waals surface area contributed by atoms with Crippen LogP contribution >= 0.6 is 11.6 Å². The normalized spacial score (nSPS) is 10.5. The highest BCUT2D eigenvalue weighted by atomic mass is 35.5. The van der Waals surface area contributed by atoms with Crippen LogP contribution in [0.15, 0.2) is 54.7 Å². The third kappa shape index (κ3) is 3.52. The summed E-state index contributed by atoms with van der Waals surface area (Å²) in [5.74, 6) is -0.718. The van der Waals surface area contributed by atoms with Gasteiger partial charge in [-0.3, -0.25) is 20.4 Å². The number of hydrazine groups is 1. The maximum atomic E-state index is 12.0. The SMILES string of the molecule is O=C(Cc1c[nH]c2ccccc12)NNC(=O)c1cccc(Cl)c1. The number of hydrogen-bond acceptors (Lipinski definition) is 2. The van der Waals surface area contributed by atoms with E-state index in [4.69, 9.17) is 11.6 Å². The lowest BCUT2D eigenvalue weighted by Crippen LogP contribution is -2.42. The summed E-state index contributed by atoms with van der Waals surface area (Å²) in [4.78, 5) is 27.0. The lowest BCUT2D eigenvalue weighted by atomic mass is 10.1. The molecule has 0 spiro atoms. The molecule has 0 aliphatic carbocycles. The van der Waals surface area contributed by atoms with Gasteiger partial charge in [0.05, 0.1) is 6.42 Å². The van der Waals surface area contributed by atoms with Crippen molar-refractivity contribution in [1.82, 2.24) is 15.8 Å². The summed E-state index contributed by atoms with van der Waals surface area (Å²) in [6.45, 7) is 0. The van der Waals surface area contributed by atoms with Crippen LogP contribution in [0, 0.1) is 0 Å². The smallest absolute Gasteiger partial charge is 0.269 e. The van der Waals surface area contributed by atoms with Crippen LogP contribution in [0.4, 0.5) is 0 Å². The van der Waals surface area contributed by atoms with Gasteiger partial charge in [-0.1, -0.05) is 35.9 Å². The molecule has 0 radical (unpaired) electrons. The lowest BCUT2D eigenvalue weighted by molar-refractivity contribution is -0.121. The zero-order valence-corrected chi connectivity index (χ0v) is 12.9. The van der Waals surface area contributed by atoms with Crippen molar-refractivity contribution in [2.75, 3.05) is 0 Å². The third-order valence-electron chi connectivity index (χ3n) is 3.43. The molecular weight excluding hydrogens is 314 g/mol. The van der Waals surface area contributed by atoms with Gasteiger partial charge < -0.3 is 4.98 Å². The monoisotopic (exact) mass is 327 g/mol.